The fourth-order valence-corrected chi connectivity index (χ4v) is 2.45. The van der Waals surface area contributed by atoms with Crippen LogP contribution in [0.5, 0.6) is 11.5 Å². The average Bonchev–Trinajstić information content (AvgIpc) is 2.70. The van der Waals surface area contributed by atoms with Crippen molar-refractivity contribution in [2.24, 2.45) is 0 Å². The molecule has 0 unspecified atom stereocenters. The molecule has 2 aromatic rings. The maximum absolute atomic E-state index is 11.5. The molecule has 0 aliphatic heterocycles. The van der Waals surface area contributed by atoms with E-state index in [0.29, 0.717) is 18.1 Å². The molecule has 3 N–H and O–H groups in total. The van der Waals surface area contributed by atoms with Crippen molar-refractivity contribution in [3.63, 3.8) is 0 Å². The van der Waals surface area contributed by atoms with E-state index in [0.717, 1.165) is 5.56 Å². The van der Waals surface area contributed by atoms with Crippen molar-refractivity contribution in [3.05, 3.63) is 60.2 Å². The number of carbonyl (C=O) groups excluding carboxylic acids is 1. The van der Waals surface area contributed by atoms with Gasteiger partial charge in [-0.05, 0) is 24.6 Å². The summed E-state index contributed by atoms with van der Waals surface area (Å²) >= 11 is 0. The van der Waals surface area contributed by atoms with Crippen molar-refractivity contribution in [3.8, 4) is 11.5 Å². The van der Waals surface area contributed by atoms with Crippen molar-refractivity contribution in [2.45, 2.75) is 19.1 Å². The van der Waals surface area contributed by atoms with Crippen LogP contribution in [-0.4, -0.2) is 48.8 Å². The van der Waals surface area contributed by atoms with E-state index < -0.39 is 18.3 Å². The number of alkyl carbamates (subject to hydrolysis) is 1. The minimum Gasteiger partial charge on any atom is -0.490 e. The Morgan fingerprint density at radius 3 is 2.41 bits per heavy atom. The van der Waals surface area contributed by atoms with Gasteiger partial charge in [0.1, 0.15) is 12.7 Å². The van der Waals surface area contributed by atoms with Crippen LogP contribution >= 0.6 is 0 Å². The zero-order chi connectivity index (χ0) is 19.5. The van der Waals surface area contributed by atoms with Crippen LogP contribution in [0.4, 0.5) is 4.79 Å². The summed E-state index contributed by atoms with van der Waals surface area (Å²) in [5, 5.41) is 21.8. The highest BCUT2D eigenvalue weighted by Crippen LogP contribution is 2.32. The molecule has 0 saturated heterocycles. The molecule has 0 aliphatic carbocycles. The van der Waals surface area contributed by atoms with Gasteiger partial charge in [-0.3, -0.25) is 0 Å². The van der Waals surface area contributed by atoms with Crippen molar-refractivity contribution >= 4 is 6.09 Å². The smallest absolute Gasteiger partial charge is 0.407 e. The second-order valence-electron chi connectivity index (χ2n) is 5.64. The second kappa shape index (κ2) is 11.1. The van der Waals surface area contributed by atoms with Crippen LogP contribution in [0.2, 0.25) is 0 Å². The first-order chi connectivity index (χ1) is 13.2. The Balaban J connectivity index is 2.14. The molecule has 0 saturated carbocycles. The molecule has 2 rings (SSSR count). The highest BCUT2D eigenvalue weighted by atomic mass is 16.6. The second-order valence-corrected chi connectivity index (χ2v) is 5.64. The van der Waals surface area contributed by atoms with Gasteiger partial charge in [-0.1, -0.05) is 42.5 Å². The van der Waals surface area contributed by atoms with Gasteiger partial charge in [0.15, 0.2) is 17.6 Å². The number of benzene rings is 2. The van der Waals surface area contributed by atoms with E-state index in [-0.39, 0.29) is 19.8 Å². The van der Waals surface area contributed by atoms with E-state index in [9.17, 15) is 9.90 Å². The lowest BCUT2D eigenvalue weighted by Gasteiger charge is -2.25. The van der Waals surface area contributed by atoms with Gasteiger partial charge in [0.2, 0.25) is 0 Å². The Morgan fingerprint density at radius 1 is 1.07 bits per heavy atom. The Kier molecular flexibility index (Phi) is 8.41. The number of nitrogens with one attached hydrogen (secondary N) is 1. The highest BCUT2D eigenvalue weighted by Gasteiger charge is 2.25. The molecule has 7 heteroatoms. The van der Waals surface area contributed by atoms with E-state index in [4.69, 9.17) is 19.3 Å². The van der Waals surface area contributed by atoms with E-state index >= 15 is 0 Å². The predicted octanol–water partition coefficient (Wildman–Crippen LogP) is 2.28. The quantitative estimate of drug-likeness (QED) is 0.589. The summed E-state index contributed by atoms with van der Waals surface area (Å²) in [6.07, 6.45) is -2.49. The fraction of sp³-hybridized carbons (Fsp3) is 0.350. The van der Waals surface area contributed by atoms with Crippen LogP contribution < -0.4 is 14.8 Å². The van der Waals surface area contributed by atoms with Crippen LogP contribution in [0.1, 0.15) is 18.6 Å². The van der Waals surface area contributed by atoms with Gasteiger partial charge in [-0.2, -0.15) is 0 Å². The molecule has 0 spiro atoms. The van der Waals surface area contributed by atoms with Gasteiger partial charge in [0, 0.05) is 0 Å². The highest BCUT2D eigenvalue weighted by molar-refractivity contribution is 5.67. The zero-order valence-corrected chi connectivity index (χ0v) is 15.2. The predicted molar refractivity (Wildman–Crippen MR) is 99.9 cm³/mol. The topological polar surface area (TPSA) is 97.2 Å². The molecule has 0 bridgehead atoms. The first-order valence-corrected chi connectivity index (χ1v) is 8.78. The van der Waals surface area contributed by atoms with Crippen molar-refractivity contribution in [2.75, 3.05) is 26.4 Å². The van der Waals surface area contributed by atoms with Crippen LogP contribution in [0.25, 0.3) is 0 Å². The molecule has 0 aromatic heterocycles. The first kappa shape index (κ1) is 20.5. The number of ether oxygens (including phenoxy) is 3. The van der Waals surface area contributed by atoms with Crippen molar-refractivity contribution in [1.82, 2.24) is 5.32 Å². The van der Waals surface area contributed by atoms with Gasteiger partial charge in [-0.25, -0.2) is 4.79 Å². The number of hydrogen-bond acceptors (Lipinski definition) is 6. The van der Waals surface area contributed by atoms with Gasteiger partial charge in [-0.15, -0.1) is 0 Å². The van der Waals surface area contributed by atoms with Crippen molar-refractivity contribution in [1.29, 1.82) is 0 Å². The Morgan fingerprint density at radius 2 is 1.74 bits per heavy atom. The summed E-state index contributed by atoms with van der Waals surface area (Å²) in [5.74, 6) is 1.07. The Hall–Kier alpha value is -2.77. The Bertz CT molecular complexity index is 694. The Labute approximate surface area is 158 Å². The number of hydrogen-bond donors (Lipinski definition) is 3. The van der Waals surface area contributed by atoms with Gasteiger partial charge in [0.05, 0.1) is 19.8 Å². The fourth-order valence-electron chi connectivity index (χ4n) is 2.45. The van der Waals surface area contributed by atoms with Gasteiger partial charge < -0.3 is 29.7 Å². The molecule has 146 valence electrons. The van der Waals surface area contributed by atoms with Crippen molar-refractivity contribution < 1.29 is 29.2 Å². The number of carbonyl (C=O) groups is 1. The van der Waals surface area contributed by atoms with Crippen LogP contribution in [0, 0.1) is 0 Å². The molecule has 0 radical (unpaired) electrons. The zero-order valence-electron chi connectivity index (χ0n) is 15.2. The number of aliphatic hydroxyl groups excluding tert-OH is 2. The van der Waals surface area contributed by atoms with E-state index in [1.54, 1.807) is 12.1 Å². The van der Waals surface area contributed by atoms with E-state index in [1.165, 1.54) is 0 Å². The third kappa shape index (κ3) is 6.47. The minimum absolute atomic E-state index is 0.0827. The standard InChI is InChI=1S/C20H25NO6/c1-2-25-17-10-6-7-11-18(17)27-19(15-8-4-3-5-9-15)16(23)14-21-20(24)26-13-12-22/h3-11,16,19,22-23H,2,12-14H2,1H3,(H,21,24)/t16-,19-/m0/s1. The lowest BCUT2D eigenvalue weighted by atomic mass is 10.0. The third-order valence-electron chi connectivity index (χ3n) is 3.66. The molecular formula is C20H25NO6. The largest absolute Gasteiger partial charge is 0.490 e. The summed E-state index contributed by atoms with van der Waals surface area (Å²) in [6.45, 7) is 1.90. The molecule has 2 atom stereocenters. The molecule has 7 nitrogen and oxygen atoms in total. The molecule has 2 aromatic carbocycles. The average molecular weight is 375 g/mol. The normalized spacial score (nSPS) is 12.7. The summed E-state index contributed by atoms with van der Waals surface area (Å²) < 4.78 is 16.4. The SMILES string of the molecule is CCOc1ccccc1O[C@@H](c1ccccc1)[C@@H](O)CNC(=O)OCCO. The summed E-state index contributed by atoms with van der Waals surface area (Å²) in [5.41, 5.74) is 0.752. The van der Waals surface area contributed by atoms with E-state index in [2.05, 4.69) is 5.32 Å². The lowest BCUT2D eigenvalue weighted by Crippen LogP contribution is -2.37. The lowest BCUT2D eigenvalue weighted by molar-refractivity contribution is 0.0323. The molecule has 1 amide bonds. The summed E-state index contributed by atoms with van der Waals surface area (Å²) in [7, 11) is 0. The number of para-hydroxylation sites is 2. The summed E-state index contributed by atoms with van der Waals surface area (Å²) in [4.78, 5) is 11.5. The maximum Gasteiger partial charge on any atom is 0.407 e. The maximum atomic E-state index is 11.5. The van der Waals surface area contributed by atoms with Gasteiger partial charge >= 0.3 is 6.09 Å². The van der Waals surface area contributed by atoms with Gasteiger partial charge in [0.25, 0.3) is 0 Å². The van der Waals surface area contributed by atoms with E-state index in [1.807, 2.05) is 49.4 Å². The van der Waals surface area contributed by atoms with Crippen LogP contribution in [0.3, 0.4) is 0 Å². The number of rotatable bonds is 10. The number of aliphatic hydroxyl groups is 2. The molecular weight excluding hydrogens is 350 g/mol. The summed E-state index contributed by atoms with van der Waals surface area (Å²) in [6, 6.07) is 16.4. The molecule has 0 aliphatic rings. The molecule has 0 heterocycles. The molecule has 0 fully saturated rings. The van der Waals surface area contributed by atoms with Crippen LogP contribution in [-0.2, 0) is 4.74 Å². The third-order valence-corrected chi connectivity index (χ3v) is 3.66. The number of amides is 1. The molecule has 27 heavy (non-hydrogen) atoms. The minimum atomic E-state index is -1.04. The van der Waals surface area contributed by atoms with Crippen LogP contribution in [0.15, 0.2) is 54.6 Å². The first-order valence-electron chi connectivity index (χ1n) is 8.78. The monoisotopic (exact) mass is 375 g/mol.